The second kappa shape index (κ2) is 11.4. The number of anilines is 2. The average Bonchev–Trinajstić information content (AvgIpc) is 3.27. The zero-order valence-corrected chi connectivity index (χ0v) is 21.6. The van der Waals surface area contributed by atoms with Crippen LogP contribution in [-0.4, -0.2) is 39.1 Å². The van der Waals surface area contributed by atoms with Crippen molar-refractivity contribution in [3.05, 3.63) is 77.2 Å². The van der Waals surface area contributed by atoms with Crippen molar-refractivity contribution in [1.82, 2.24) is 19.4 Å². The van der Waals surface area contributed by atoms with E-state index in [1.807, 2.05) is 48.1 Å². The Labute approximate surface area is 215 Å². The Morgan fingerprint density at radius 2 is 2.00 bits per heavy atom. The first-order valence-corrected chi connectivity index (χ1v) is 12.6. The van der Waals surface area contributed by atoms with Gasteiger partial charge in [-0.3, -0.25) is 4.98 Å². The van der Waals surface area contributed by atoms with E-state index in [1.165, 1.54) is 11.8 Å². The molecule has 178 valence electrons. The number of aryl methyl sites for hydroxylation is 1. The van der Waals surface area contributed by atoms with E-state index >= 15 is 0 Å². The topological polar surface area (TPSA) is 69.8 Å². The van der Waals surface area contributed by atoms with Crippen LogP contribution in [0.2, 0.25) is 5.02 Å². The molecule has 8 heteroatoms. The monoisotopic (exact) mass is 502 g/mol. The minimum Gasteiger partial charge on any atom is -0.354 e. The summed E-state index contributed by atoms with van der Waals surface area (Å²) < 4.78 is 1.95. The Kier molecular flexibility index (Phi) is 8.09. The predicted molar refractivity (Wildman–Crippen MR) is 145 cm³/mol. The number of halogens is 1. The third-order valence-electron chi connectivity index (χ3n) is 5.76. The number of hydrogen-bond acceptors (Lipinski definition) is 6. The van der Waals surface area contributed by atoms with Crippen molar-refractivity contribution < 1.29 is 0 Å². The van der Waals surface area contributed by atoms with Gasteiger partial charge in [0, 0.05) is 48.2 Å². The molecule has 0 bridgehead atoms. The van der Waals surface area contributed by atoms with Gasteiger partial charge < -0.3 is 14.8 Å². The molecule has 2 aromatic carbocycles. The third kappa shape index (κ3) is 5.85. The molecule has 0 amide bonds. The second-order valence-electron chi connectivity index (χ2n) is 8.02. The summed E-state index contributed by atoms with van der Waals surface area (Å²) in [6.45, 7) is 7.29. The number of imidazole rings is 1. The summed E-state index contributed by atoms with van der Waals surface area (Å²) in [7, 11) is 1.95. The van der Waals surface area contributed by atoms with E-state index in [0.29, 0.717) is 10.6 Å². The Morgan fingerprint density at radius 3 is 2.69 bits per heavy atom. The van der Waals surface area contributed by atoms with Crippen LogP contribution in [0, 0.1) is 11.3 Å². The maximum absolute atomic E-state index is 9.71. The molecule has 0 aliphatic heterocycles. The zero-order valence-electron chi connectivity index (χ0n) is 20.0. The van der Waals surface area contributed by atoms with Gasteiger partial charge >= 0.3 is 0 Å². The molecule has 1 N–H and O–H groups in total. The van der Waals surface area contributed by atoms with Crippen LogP contribution in [0.5, 0.6) is 0 Å². The fraction of sp³-hybridized carbons (Fsp3) is 0.222. The molecule has 35 heavy (non-hydrogen) atoms. The highest BCUT2D eigenvalue weighted by Gasteiger charge is 2.12. The van der Waals surface area contributed by atoms with E-state index in [-0.39, 0.29) is 0 Å². The highest BCUT2D eigenvalue weighted by molar-refractivity contribution is 7.99. The maximum Gasteiger partial charge on any atom is 0.172 e. The van der Waals surface area contributed by atoms with Crippen LogP contribution in [0.1, 0.15) is 25.0 Å². The van der Waals surface area contributed by atoms with Crippen molar-refractivity contribution in [3.8, 4) is 6.07 Å². The summed E-state index contributed by atoms with van der Waals surface area (Å²) in [4.78, 5) is 12.1. The minimum absolute atomic E-state index is 0.477. The molecular weight excluding hydrogens is 476 g/mol. The lowest BCUT2D eigenvalue weighted by atomic mass is 10.1. The van der Waals surface area contributed by atoms with Gasteiger partial charge in [0.15, 0.2) is 5.16 Å². The van der Waals surface area contributed by atoms with Crippen LogP contribution in [0.25, 0.3) is 17.0 Å². The van der Waals surface area contributed by atoms with Gasteiger partial charge in [0.2, 0.25) is 0 Å². The van der Waals surface area contributed by atoms with E-state index in [9.17, 15) is 5.26 Å². The lowest BCUT2D eigenvalue weighted by Crippen LogP contribution is -2.22. The molecule has 6 nitrogen and oxygen atoms in total. The third-order valence-corrected chi connectivity index (χ3v) is 7.34. The summed E-state index contributed by atoms with van der Waals surface area (Å²) in [5.74, 6) is 0. The highest BCUT2D eigenvalue weighted by Crippen LogP contribution is 2.36. The Bertz CT molecular complexity index is 1400. The van der Waals surface area contributed by atoms with Gasteiger partial charge in [-0.1, -0.05) is 61.5 Å². The molecule has 4 rings (SSSR count). The number of nitrogens with zero attached hydrogens (tertiary/aromatic N) is 5. The van der Waals surface area contributed by atoms with Gasteiger partial charge in [0.1, 0.15) is 6.07 Å². The van der Waals surface area contributed by atoms with Crippen LogP contribution >= 0.6 is 23.4 Å². The smallest absolute Gasteiger partial charge is 0.172 e. The van der Waals surface area contributed by atoms with Gasteiger partial charge in [0.25, 0.3) is 0 Å². The van der Waals surface area contributed by atoms with Crippen LogP contribution in [0.4, 0.5) is 11.4 Å². The Balaban J connectivity index is 1.59. The summed E-state index contributed by atoms with van der Waals surface area (Å²) in [5, 5.41) is 15.5. The quantitative estimate of drug-likeness (QED) is 0.273. The number of hydrogen-bond donors (Lipinski definition) is 1. The Hall–Kier alpha value is -3.31. The Morgan fingerprint density at radius 1 is 1.17 bits per heavy atom. The largest absolute Gasteiger partial charge is 0.354 e. The van der Waals surface area contributed by atoms with Gasteiger partial charge in [-0.15, -0.1) is 0 Å². The molecular formula is C27H27ClN6S. The number of aromatic nitrogens is 3. The summed E-state index contributed by atoms with van der Waals surface area (Å²) in [6.07, 6.45) is 9.56. The van der Waals surface area contributed by atoms with Crippen LogP contribution in [-0.2, 0) is 7.05 Å². The summed E-state index contributed by atoms with van der Waals surface area (Å²) in [5.41, 5.74) is 3.89. The first-order chi connectivity index (χ1) is 17.0. The number of fused-ring (bicyclic) bond motifs is 1. The molecule has 0 spiro atoms. The first kappa shape index (κ1) is 24.8. The van der Waals surface area contributed by atoms with Crippen LogP contribution < -0.4 is 5.32 Å². The van der Waals surface area contributed by atoms with E-state index in [0.717, 1.165) is 57.5 Å². The maximum atomic E-state index is 9.71. The molecule has 0 saturated heterocycles. The first-order valence-electron chi connectivity index (χ1n) is 11.5. The lowest BCUT2D eigenvalue weighted by molar-refractivity contribution is 0.338. The SMILES string of the molecule is CCN(CC)CC=Cc1ccc2c(Nc3ccc(Sc4nccn4C)c(Cl)c3)c(C#N)cnc2c1. The molecule has 0 aliphatic rings. The normalized spacial score (nSPS) is 11.4. The summed E-state index contributed by atoms with van der Waals surface area (Å²) >= 11 is 8.09. The highest BCUT2D eigenvalue weighted by atomic mass is 35.5. The van der Waals surface area contributed by atoms with Crippen LogP contribution in [0.3, 0.4) is 0 Å². The molecule has 2 aromatic heterocycles. The van der Waals surface area contributed by atoms with Gasteiger partial charge in [-0.05, 0) is 42.9 Å². The minimum atomic E-state index is 0.477. The van der Waals surface area contributed by atoms with Gasteiger partial charge in [0.05, 0.1) is 21.8 Å². The van der Waals surface area contributed by atoms with Crippen LogP contribution in [0.15, 0.2) is 71.1 Å². The fourth-order valence-corrected chi connectivity index (χ4v) is 4.81. The van der Waals surface area contributed by atoms with Gasteiger partial charge in [-0.25, -0.2) is 4.98 Å². The number of rotatable bonds is 9. The molecule has 0 aliphatic carbocycles. The fourth-order valence-electron chi connectivity index (χ4n) is 3.71. The second-order valence-corrected chi connectivity index (χ2v) is 9.43. The number of likely N-dealkylation sites (N-methyl/N-ethyl adjacent to an activating group) is 1. The molecule has 2 heterocycles. The number of nitrogens with one attached hydrogen (secondary N) is 1. The van der Waals surface area contributed by atoms with Crippen molar-refractivity contribution >= 4 is 51.7 Å². The number of pyridine rings is 1. The van der Waals surface area contributed by atoms with E-state index in [1.54, 1.807) is 12.4 Å². The predicted octanol–water partition coefficient (Wildman–Crippen LogP) is 6.74. The number of nitriles is 1. The molecule has 4 aromatic rings. The molecule has 0 unspecified atom stereocenters. The lowest BCUT2D eigenvalue weighted by Gasteiger charge is -2.15. The van der Waals surface area contributed by atoms with E-state index in [2.05, 4.69) is 58.3 Å². The molecule has 0 saturated carbocycles. The van der Waals surface area contributed by atoms with Crippen molar-refractivity contribution in [1.29, 1.82) is 5.26 Å². The van der Waals surface area contributed by atoms with Gasteiger partial charge in [-0.2, -0.15) is 5.26 Å². The zero-order chi connectivity index (χ0) is 24.8. The number of benzene rings is 2. The van der Waals surface area contributed by atoms with Crippen molar-refractivity contribution in [2.45, 2.75) is 23.9 Å². The summed E-state index contributed by atoms with van der Waals surface area (Å²) in [6, 6.07) is 14.1. The average molecular weight is 503 g/mol. The van der Waals surface area contributed by atoms with Crippen molar-refractivity contribution in [2.24, 2.45) is 7.05 Å². The van der Waals surface area contributed by atoms with Crippen molar-refractivity contribution in [2.75, 3.05) is 25.0 Å². The van der Waals surface area contributed by atoms with E-state index < -0.39 is 0 Å². The molecule has 0 atom stereocenters. The van der Waals surface area contributed by atoms with Crippen molar-refractivity contribution in [3.63, 3.8) is 0 Å². The van der Waals surface area contributed by atoms with E-state index in [4.69, 9.17) is 11.6 Å². The standard InChI is InChI=1S/C27H27ClN6S/c1-4-34(5-2)13-6-7-19-8-10-22-24(15-19)31-18-20(17-29)26(22)32-21-9-11-25(23(28)16-21)35-27-30-12-14-33(27)3/h6-12,14-16,18H,4-5,13H2,1-3H3,(H,31,32). The molecule has 0 radical (unpaired) electrons. The molecule has 0 fully saturated rings.